The first kappa shape index (κ1) is 11.4. The first-order chi connectivity index (χ1) is 9.25. The molecule has 3 aromatic rings. The topological polar surface area (TPSA) is 59.8 Å². The minimum Gasteiger partial charge on any atom is -0.323 e. The molecule has 0 saturated carbocycles. The number of pyridine rings is 1. The van der Waals surface area contributed by atoms with E-state index in [0.29, 0.717) is 11.5 Å². The Morgan fingerprint density at radius 2 is 2.05 bits per heavy atom. The Bertz CT molecular complexity index is 734. The molecule has 5 nitrogen and oxygen atoms in total. The third-order valence-corrected chi connectivity index (χ3v) is 2.91. The van der Waals surface area contributed by atoms with Gasteiger partial charge in [-0.25, -0.2) is 4.98 Å². The summed E-state index contributed by atoms with van der Waals surface area (Å²) >= 11 is 0. The summed E-state index contributed by atoms with van der Waals surface area (Å²) in [6.45, 7) is 0. The van der Waals surface area contributed by atoms with Crippen LogP contribution in [0.3, 0.4) is 0 Å². The molecule has 1 N–H and O–H groups in total. The minimum atomic E-state index is -0.244. The van der Waals surface area contributed by atoms with E-state index in [1.807, 2.05) is 31.3 Å². The molecule has 3 rings (SSSR count). The van der Waals surface area contributed by atoms with Crippen LogP contribution in [0.4, 0.5) is 5.69 Å². The maximum Gasteiger partial charge on any atom is 0.291 e. The number of carbonyl (C=O) groups is 1. The summed E-state index contributed by atoms with van der Waals surface area (Å²) < 4.78 is 1.78. The molecule has 0 bridgehead atoms. The second-order valence-corrected chi connectivity index (χ2v) is 4.18. The highest BCUT2D eigenvalue weighted by Crippen LogP contribution is 2.15. The zero-order valence-corrected chi connectivity index (χ0v) is 10.4. The fraction of sp³-hybridized carbons (Fsp3) is 0.0714. The number of hydrogen-bond donors (Lipinski definition) is 1. The number of anilines is 1. The van der Waals surface area contributed by atoms with Crippen LogP contribution in [-0.2, 0) is 7.05 Å². The Balaban J connectivity index is 1.96. The highest BCUT2D eigenvalue weighted by Gasteiger charge is 2.14. The Morgan fingerprint density at radius 1 is 1.21 bits per heavy atom. The average Bonchev–Trinajstić information content (AvgIpc) is 2.78. The molecular weight excluding hydrogens is 240 g/mol. The summed E-state index contributed by atoms with van der Waals surface area (Å²) in [6.07, 6.45) is 3.26. The average molecular weight is 252 g/mol. The lowest BCUT2D eigenvalue weighted by Gasteiger charge is -2.04. The van der Waals surface area contributed by atoms with Gasteiger partial charge in [0.25, 0.3) is 5.91 Å². The molecule has 0 aliphatic rings. The highest BCUT2D eigenvalue weighted by atomic mass is 16.2. The molecule has 2 aromatic heterocycles. The van der Waals surface area contributed by atoms with Gasteiger partial charge in [-0.05, 0) is 24.3 Å². The smallest absolute Gasteiger partial charge is 0.291 e. The van der Waals surface area contributed by atoms with E-state index in [9.17, 15) is 4.79 Å². The zero-order chi connectivity index (χ0) is 13.2. The molecule has 5 heteroatoms. The number of nitrogens with one attached hydrogen (secondary N) is 1. The molecule has 19 heavy (non-hydrogen) atoms. The first-order valence-electron chi connectivity index (χ1n) is 5.88. The third kappa shape index (κ3) is 2.06. The lowest BCUT2D eigenvalue weighted by atomic mass is 10.3. The van der Waals surface area contributed by atoms with Crippen molar-refractivity contribution < 1.29 is 4.79 Å². The highest BCUT2D eigenvalue weighted by molar-refractivity contribution is 6.03. The lowest BCUT2D eigenvalue weighted by Crippen LogP contribution is -2.16. The van der Waals surface area contributed by atoms with Gasteiger partial charge in [0.2, 0.25) is 0 Å². The Morgan fingerprint density at radius 3 is 2.79 bits per heavy atom. The summed E-state index contributed by atoms with van der Waals surface area (Å²) in [4.78, 5) is 20.5. The van der Waals surface area contributed by atoms with E-state index < -0.39 is 0 Å². The number of para-hydroxylation sites is 2. The SMILES string of the molecule is Cn1c(C(=O)Nc2cccnc2)nc2ccccc21. The normalized spacial score (nSPS) is 10.6. The number of aromatic nitrogens is 3. The van der Waals surface area contributed by atoms with E-state index >= 15 is 0 Å². The van der Waals surface area contributed by atoms with Crippen molar-refractivity contribution in [3.8, 4) is 0 Å². The fourth-order valence-electron chi connectivity index (χ4n) is 1.97. The summed E-state index contributed by atoms with van der Waals surface area (Å²) in [5.74, 6) is 0.136. The van der Waals surface area contributed by atoms with Gasteiger partial charge in [-0.15, -0.1) is 0 Å². The van der Waals surface area contributed by atoms with Crippen LogP contribution in [0.5, 0.6) is 0 Å². The predicted octanol–water partition coefficient (Wildman–Crippen LogP) is 2.22. The van der Waals surface area contributed by atoms with Gasteiger partial charge in [0, 0.05) is 13.2 Å². The maximum absolute atomic E-state index is 12.2. The van der Waals surface area contributed by atoms with Crippen molar-refractivity contribution >= 4 is 22.6 Å². The van der Waals surface area contributed by atoms with Gasteiger partial charge in [0.15, 0.2) is 5.82 Å². The van der Waals surface area contributed by atoms with Crippen LogP contribution < -0.4 is 5.32 Å². The molecule has 1 amide bonds. The molecule has 0 fully saturated rings. The number of imidazole rings is 1. The van der Waals surface area contributed by atoms with Crippen LogP contribution in [0.1, 0.15) is 10.6 Å². The number of amides is 1. The van der Waals surface area contributed by atoms with E-state index in [1.54, 1.807) is 29.1 Å². The molecule has 0 atom stereocenters. The molecule has 0 radical (unpaired) electrons. The lowest BCUT2D eigenvalue weighted by molar-refractivity contribution is 0.101. The van der Waals surface area contributed by atoms with Crippen LogP contribution in [0.25, 0.3) is 11.0 Å². The summed E-state index contributed by atoms with van der Waals surface area (Å²) in [5, 5.41) is 2.78. The number of nitrogens with zero attached hydrogens (tertiary/aromatic N) is 3. The summed E-state index contributed by atoms with van der Waals surface area (Å²) in [6, 6.07) is 11.2. The van der Waals surface area contributed by atoms with Gasteiger partial charge < -0.3 is 9.88 Å². The summed E-state index contributed by atoms with van der Waals surface area (Å²) in [7, 11) is 1.83. The zero-order valence-electron chi connectivity index (χ0n) is 10.4. The van der Waals surface area contributed by atoms with Crippen LogP contribution >= 0.6 is 0 Å². The van der Waals surface area contributed by atoms with Gasteiger partial charge in [0.1, 0.15) is 0 Å². The molecule has 0 spiro atoms. The van der Waals surface area contributed by atoms with Crippen molar-refractivity contribution in [1.29, 1.82) is 0 Å². The maximum atomic E-state index is 12.2. The fourth-order valence-corrected chi connectivity index (χ4v) is 1.97. The van der Waals surface area contributed by atoms with E-state index in [2.05, 4.69) is 15.3 Å². The first-order valence-corrected chi connectivity index (χ1v) is 5.88. The standard InChI is InChI=1S/C14H12N4O/c1-18-12-7-3-2-6-11(12)17-13(18)14(19)16-10-5-4-8-15-9-10/h2-9H,1H3,(H,16,19). The number of aryl methyl sites for hydroxylation is 1. The number of rotatable bonds is 2. The Hall–Kier alpha value is -2.69. The van der Waals surface area contributed by atoms with Crippen molar-refractivity contribution in [3.63, 3.8) is 0 Å². The monoisotopic (exact) mass is 252 g/mol. The molecule has 0 saturated heterocycles. The van der Waals surface area contributed by atoms with Crippen LogP contribution in [0.15, 0.2) is 48.8 Å². The van der Waals surface area contributed by atoms with Gasteiger partial charge in [-0.2, -0.15) is 0 Å². The molecule has 0 unspecified atom stereocenters. The third-order valence-electron chi connectivity index (χ3n) is 2.91. The second-order valence-electron chi connectivity index (χ2n) is 4.18. The molecule has 1 aromatic carbocycles. The molecule has 0 aliphatic heterocycles. The molecule has 94 valence electrons. The Labute approximate surface area is 109 Å². The van der Waals surface area contributed by atoms with Crippen LogP contribution in [0.2, 0.25) is 0 Å². The van der Waals surface area contributed by atoms with E-state index in [-0.39, 0.29) is 5.91 Å². The van der Waals surface area contributed by atoms with Crippen molar-refractivity contribution in [3.05, 3.63) is 54.6 Å². The molecular formula is C14H12N4O. The van der Waals surface area contributed by atoms with Gasteiger partial charge in [-0.1, -0.05) is 12.1 Å². The van der Waals surface area contributed by atoms with E-state index in [1.165, 1.54) is 0 Å². The molecule has 2 heterocycles. The van der Waals surface area contributed by atoms with Crippen molar-refractivity contribution in [2.24, 2.45) is 7.05 Å². The minimum absolute atomic E-state index is 0.244. The van der Waals surface area contributed by atoms with Crippen molar-refractivity contribution in [2.75, 3.05) is 5.32 Å². The van der Waals surface area contributed by atoms with Gasteiger partial charge in [-0.3, -0.25) is 9.78 Å². The van der Waals surface area contributed by atoms with E-state index in [4.69, 9.17) is 0 Å². The van der Waals surface area contributed by atoms with Crippen LogP contribution in [-0.4, -0.2) is 20.4 Å². The molecule has 0 aliphatic carbocycles. The van der Waals surface area contributed by atoms with Gasteiger partial charge >= 0.3 is 0 Å². The second kappa shape index (κ2) is 4.53. The number of benzene rings is 1. The predicted molar refractivity (Wildman–Crippen MR) is 72.9 cm³/mol. The number of hydrogen-bond acceptors (Lipinski definition) is 3. The Kier molecular flexibility index (Phi) is 2.72. The van der Waals surface area contributed by atoms with Gasteiger partial charge in [0.05, 0.1) is 22.9 Å². The van der Waals surface area contributed by atoms with Crippen molar-refractivity contribution in [1.82, 2.24) is 14.5 Å². The van der Waals surface area contributed by atoms with Crippen molar-refractivity contribution in [2.45, 2.75) is 0 Å². The largest absolute Gasteiger partial charge is 0.323 e. The number of carbonyl (C=O) groups excluding carboxylic acids is 1. The van der Waals surface area contributed by atoms with E-state index in [0.717, 1.165) is 11.0 Å². The number of fused-ring (bicyclic) bond motifs is 1. The van der Waals surface area contributed by atoms with Crippen LogP contribution in [0, 0.1) is 0 Å². The summed E-state index contributed by atoms with van der Waals surface area (Å²) in [5.41, 5.74) is 2.39. The quantitative estimate of drug-likeness (QED) is 0.760.